The molecule has 2 atom stereocenters. The number of hydrogen-bond donors (Lipinski definition) is 2. The third kappa shape index (κ3) is 3.59. The van der Waals surface area contributed by atoms with E-state index in [-0.39, 0.29) is 17.7 Å². The lowest BCUT2D eigenvalue weighted by molar-refractivity contribution is -0.117. The van der Waals surface area contributed by atoms with Crippen LogP contribution in [0, 0.1) is 17.8 Å². The first-order chi connectivity index (χ1) is 9.49. The summed E-state index contributed by atoms with van der Waals surface area (Å²) in [6, 6.07) is 7.14. The average molecular weight is 274 g/mol. The van der Waals surface area contributed by atoms with E-state index in [1.54, 1.807) is 18.2 Å². The van der Waals surface area contributed by atoms with Gasteiger partial charge in [0.25, 0.3) is 5.91 Å². The monoisotopic (exact) mass is 274 g/mol. The molecule has 108 valence electrons. The lowest BCUT2D eigenvalue weighted by Crippen LogP contribution is -2.28. The van der Waals surface area contributed by atoms with E-state index in [4.69, 9.17) is 0 Å². The number of anilines is 1. The highest BCUT2D eigenvalue weighted by molar-refractivity contribution is 6.04. The van der Waals surface area contributed by atoms with Gasteiger partial charge >= 0.3 is 0 Å². The van der Waals surface area contributed by atoms with Gasteiger partial charge in [-0.1, -0.05) is 32.9 Å². The zero-order valence-corrected chi connectivity index (χ0v) is 12.3. The van der Waals surface area contributed by atoms with Crippen molar-refractivity contribution in [2.75, 3.05) is 11.9 Å². The minimum absolute atomic E-state index is 0.0154. The number of rotatable bonds is 5. The van der Waals surface area contributed by atoms with E-state index in [0.29, 0.717) is 29.6 Å². The van der Waals surface area contributed by atoms with Gasteiger partial charge in [0.1, 0.15) is 0 Å². The minimum atomic E-state index is -0.140. The van der Waals surface area contributed by atoms with E-state index in [1.807, 2.05) is 19.9 Å². The second kappa shape index (κ2) is 6.07. The van der Waals surface area contributed by atoms with Crippen LogP contribution in [0.5, 0.6) is 0 Å². The Hall–Kier alpha value is -1.84. The van der Waals surface area contributed by atoms with Crippen molar-refractivity contribution in [3.05, 3.63) is 29.8 Å². The van der Waals surface area contributed by atoms with Crippen LogP contribution in [0.15, 0.2) is 24.3 Å². The van der Waals surface area contributed by atoms with Crippen molar-refractivity contribution in [3.63, 3.8) is 0 Å². The van der Waals surface area contributed by atoms with Gasteiger partial charge in [-0.25, -0.2) is 0 Å². The van der Waals surface area contributed by atoms with Crippen LogP contribution in [-0.4, -0.2) is 18.4 Å². The number of carbonyl (C=O) groups excluding carboxylic acids is 2. The van der Waals surface area contributed by atoms with Gasteiger partial charge in [-0.05, 0) is 30.4 Å². The Labute approximate surface area is 119 Å². The van der Waals surface area contributed by atoms with Crippen LogP contribution in [-0.2, 0) is 4.79 Å². The van der Waals surface area contributed by atoms with E-state index >= 15 is 0 Å². The maximum atomic E-state index is 12.1. The summed E-state index contributed by atoms with van der Waals surface area (Å²) >= 11 is 0. The number of carbonyl (C=O) groups is 2. The predicted molar refractivity (Wildman–Crippen MR) is 79.5 cm³/mol. The maximum Gasteiger partial charge on any atom is 0.253 e. The summed E-state index contributed by atoms with van der Waals surface area (Å²) in [4.78, 5) is 24.1. The highest BCUT2D eigenvalue weighted by Gasteiger charge is 2.39. The molecule has 1 aromatic carbocycles. The van der Waals surface area contributed by atoms with Crippen molar-refractivity contribution in [1.82, 2.24) is 5.32 Å². The molecule has 2 unspecified atom stereocenters. The van der Waals surface area contributed by atoms with Gasteiger partial charge in [0.05, 0.1) is 11.3 Å². The van der Waals surface area contributed by atoms with Crippen LogP contribution in [0.3, 0.4) is 0 Å². The second-order valence-corrected chi connectivity index (χ2v) is 5.96. The van der Waals surface area contributed by atoms with Crippen molar-refractivity contribution in [3.8, 4) is 0 Å². The van der Waals surface area contributed by atoms with Crippen molar-refractivity contribution in [2.45, 2.75) is 27.2 Å². The van der Waals surface area contributed by atoms with Gasteiger partial charge in [-0.3, -0.25) is 9.59 Å². The molecule has 1 aliphatic rings. The molecule has 2 amide bonds. The Morgan fingerprint density at radius 2 is 1.95 bits per heavy atom. The molecule has 2 rings (SSSR count). The van der Waals surface area contributed by atoms with E-state index < -0.39 is 0 Å². The Morgan fingerprint density at radius 1 is 1.30 bits per heavy atom. The zero-order chi connectivity index (χ0) is 14.7. The Bertz CT molecular complexity index is 511. The zero-order valence-electron chi connectivity index (χ0n) is 12.3. The highest BCUT2D eigenvalue weighted by Crippen LogP contribution is 2.38. The van der Waals surface area contributed by atoms with Gasteiger partial charge in [0.2, 0.25) is 5.91 Å². The first-order valence-corrected chi connectivity index (χ1v) is 7.17. The Kier molecular flexibility index (Phi) is 4.42. The van der Waals surface area contributed by atoms with Gasteiger partial charge in [-0.15, -0.1) is 0 Å². The van der Waals surface area contributed by atoms with E-state index in [0.717, 1.165) is 6.42 Å². The standard InChI is InChI=1S/C16H22N2O2/c1-10(2)9-17-15(19)12-6-4-5-7-14(12)18-16(20)13-8-11(13)3/h4-7,10-11,13H,8-9H2,1-3H3,(H,17,19)(H,18,20). The second-order valence-electron chi connectivity index (χ2n) is 5.96. The van der Waals surface area contributed by atoms with E-state index in [1.165, 1.54) is 0 Å². The topological polar surface area (TPSA) is 58.2 Å². The number of hydrogen-bond acceptors (Lipinski definition) is 2. The van der Waals surface area contributed by atoms with Crippen LogP contribution in [0.25, 0.3) is 0 Å². The first kappa shape index (κ1) is 14.6. The van der Waals surface area contributed by atoms with Gasteiger partial charge < -0.3 is 10.6 Å². The number of amides is 2. The average Bonchev–Trinajstić information content (AvgIpc) is 3.14. The normalized spacial score (nSPS) is 20.6. The maximum absolute atomic E-state index is 12.1. The summed E-state index contributed by atoms with van der Waals surface area (Å²) in [6.45, 7) is 6.77. The van der Waals surface area contributed by atoms with Crippen molar-refractivity contribution >= 4 is 17.5 Å². The number of benzene rings is 1. The molecule has 0 spiro atoms. The van der Waals surface area contributed by atoms with Crippen LogP contribution in [0.1, 0.15) is 37.6 Å². The smallest absolute Gasteiger partial charge is 0.253 e. The number of nitrogens with one attached hydrogen (secondary N) is 2. The molecule has 0 aromatic heterocycles. The number of para-hydroxylation sites is 1. The van der Waals surface area contributed by atoms with Crippen LogP contribution in [0.4, 0.5) is 5.69 Å². The lowest BCUT2D eigenvalue weighted by atomic mass is 10.1. The summed E-state index contributed by atoms with van der Waals surface area (Å²) < 4.78 is 0. The van der Waals surface area contributed by atoms with Crippen LogP contribution in [0.2, 0.25) is 0 Å². The highest BCUT2D eigenvalue weighted by atomic mass is 16.2. The predicted octanol–water partition coefficient (Wildman–Crippen LogP) is 2.67. The molecule has 4 nitrogen and oxygen atoms in total. The molecule has 0 heterocycles. The molecular weight excluding hydrogens is 252 g/mol. The third-order valence-corrected chi connectivity index (χ3v) is 3.55. The summed E-state index contributed by atoms with van der Waals surface area (Å²) in [5, 5.41) is 5.75. The van der Waals surface area contributed by atoms with Crippen molar-refractivity contribution < 1.29 is 9.59 Å². The molecule has 0 bridgehead atoms. The summed E-state index contributed by atoms with van der Waals surface area (Å²) in [5.41, 5.74) is 1.12. The molecule has 4 heteroatoms. The van der Waals surface area contributed by atoms with Crippen molar-refractivity contribution in [2.24, 2.45) is 17.8 Å². The largest absolute Gasteiger partial charge is 0.352 e. The van der Waals surface area contributed by atoms with E-state index in [9.17, 15) is 9.59 Å². The molecule has 1 aromatic rings. The summed E-state index contributed by atoms with van der Waals surface area (Å²) in [7, 11) is 0. The van der Waals surface area contributed by atoms with Crippen molar-refractivity contribution in [1.29, 1.82) is 0 Å². The van der Waals surface area contributed by atoms with Gasteiger partial charge in [0.15, 0.2) is 0 Å². The van der Waals surface area contributed by atoms with Gasteiger partial charge in [0, 0.05) is 12.5 Å². The molecule has 0 aliphatic heterocycles. The third-order valence-electron chi connectivity index (χ3n) is 3.55. The Morgan fingerprint density at radius 3 is 2.55 bits per heavy atom. The summed E-state index contributed by atoms with van der Waals surface area (Å²) in [5.74, 6) is 0.826. The van der Waals surface area contributed by atoms with Gasteiger partial charge in [-0.2, -0.15) is 0 Å². The molecule has 0 radical (unpaired) electrons. The molecule has 1 aliphatic carbocycles. The van der Waals surface area contributed by atoms with Crippen LogP contribution >= 0.6 is 0 Å². The molecular formula is C16H22N2O2. The summed E-state index contributed by atoms with van der Waals surface area (Å²) in [6.07, 6.45) is 0.938. The molecule has 20 heavy (non-hydrogen) atoms. The fourth-order valence-corrected chi connectivity index (χ4v) is 2.10. The van der Waals surface area contributed by atoms with Crippen LogP contribution < -0.4 is 10.6 Å². The Balaban J connectivity index is 2.05. The minimum Gasteiger partial charge on any atom is -0.352 e. The quantitative estimate of drug-likeness (QED) is 0.867. The van der Waals surface area contributed by atoms with E-state index in [2.05, 4.69) is 17.6 Å². The fraction of sp³-hybridized carbons (Fsp3) is 0.500. The SMILES string of the molecule is CC(C)CNC(=O)c1ccccc1NC(=O)C1CC1C. The molecule has 0 saturated heterocycles. The molecule has 1 saturated carbocycles. The fourth-order valence-electron chi connectivity index (χ4n) is 2.10. The molecule has 2 N–H and O–H groups in total. The lowest BCUT2D eigenvalue weighted by Gasteiger charge is -2.12. The first-order valence-electron chi connectivity index (χ1n) is 7.17. The molecule has 1 fully saturated rings.